The summed E-state index contributed by atoms with van der Waals surface area (Å²) in [6.45, 7) is 37.5. The molecule has 0 saturated heterocycles. The molecule has 4 aliphatic carbocycles. The molecule has 1 fully saturated rings. The summed E-state index contributed by atoms with van der Waals surface area (Å²) in [4.78, 5) is 5.67. The van der Waals surface area contributed by atoms with Crippen LogP contribution < -0.4 is 26.2 Å². The van der Waals surface area contributed by atoms with Crippen molar-refractivity contribution in [1.82, 2.24) is 4.57 Å². The second-order valence-electron chi connectivity index (χ2n) is 29.0. The number of rotatable bonds is 2. The molecule has 0 radical (unpaired) electrons. The second kappa shape index (κ2) is 14.1. The molecule has 14 rings (SSSR count). The molecule has 4 heterocycles. The highest BCUT2D eigenvalue weighted by Gasteiger charge is 2.59. The van der Waals surface area contributed by atoms with Gasteiger partial charge in [-0.15, -0.1) is 0 Å². The van der Waals surface area contributed by atoms with Crippen LogP contribution in [0.1, 0.15) is 200 Å². The molecule has 7 aromatic rings. The van der Waals surface area contributed by atoms with E-state index in [1.54, 1.807) is 0 Å². The van der Waals surface area contributed by atoms with Crippen molar-refractivity contribution in [2.24, 2.45) is 0 Å². The Labute approximate surface area is 437 Å². The first kappa shape index (κ1) is 46.1. The van der Waals surface area contributed by atoms with Gasteiger partial charge in [-0.2, -0.15) is 0 Å². The first-order chi connectivity index (χ1) is 34.3. The third-order valence-electron chi connectivity index (χ3n) is 21.6. The first-order valence-corrected chi connectivity index (χ1v) is 28.4. The van der Waals surface area contributed by atoms with E-state index in [-0.39, 0.29) is 50.2 Å². The van der Waals surface area contributed by atoms with Crippen molar-refractivity contribution in [3.63, 3.8) is 0 Å². The number of para-hydroxylation sites is 1. The van der Waals surface area contributed by atoms with E-state index in [0.29, 0.717) is 0 Å². The summed E-state index contributed by atoms with van der Waals surface area (Å²) in [5.74, 6) is 0. The van der Waals surface area contributed by atoms with Crippen LogP contribution >= 0.6 is 0 Å². The highest BCUT2D eigenvalue weighted by atomic mass is 15.3. The van der Waals surface area contributed by atoms with Crippen molar-refractivity contribution in [1.29, 1.82) is 0 Å². The van der Waals surface area contributed by atoms with Crippen molar-refractivity contribution in [2.45, 2.75) is 199 Å². The smallest absolute Gasteiger partial charge is 0.252 e. The van der Waals surface area contributed by atoms with Crippen LogP contribution in [-0.4, -0.2) is 16.8 Å². The standard InChI is InChI=1S/C69H78BN3/c1-62(2,3)41-25-28-54-51(35-41)68(14)29-18-19-30-69(68,15)73(54)43-37-56-59-57(38-43)72-60-45(58-44-21-16-17-23-46(44)67(12,13)61(58)72)22-20-24-52(60)70(59)53-39-49-50(66(10,11)34-33-65(49,8)9)40-55(53)71(56)42-26-27-47-48(36-42)64(6,7)32-31-63(47,4)5/h16-17,20-28,35-40H,18-19,29-34H2,1-15H3. The summed E-state index contributed by atoms with van der Waals surface area (Å²) in [6, 6.07) is 42.8. The Bertz CT molecular complexity index is 3600. The minimum Gasteiger partial charge on any atom is -0.334 e. The van der Waals surface area contributed by atoms with Crippen molar-refractivity contribution in [3.8, 4) is 16.8 Å². The highest BCUT2D eigenvalue weighted by Crippen LogP contribution is 2.63. The Hall–Kier alpha value is -5.48. The number of nitrogens with zero attached hydrogens (tertiary/aromatic N) is 3. The molecule has 2 unspecified atom stereocenters. The normalized spacial score (nSPS) is 24.5. The molecule has 7 aliphatic rings. The van der Waals surface area contributed by atoms with E-state index in [0.717, 1.165) is 6.42 Å². The van der Waals surface area contributed by atoms with Crippen molar-refractivity contribution in [3.05, 3.63) is 148 Å². The van der Waals surface area contributed by atoms with Gasteiger partial charge in [-0.25, -0.2) is 0 Å². The van der Waals surface area contributed by atoms with Gasteiger partial charge in [0.2, 0.25) is 0 Å². The summed E-state index contributed by atoms with van der Waals surface area (Å²) in [6.07, 6.45) is 9.62. The van der Waals surface area contributed by atoms with Crippen LogP contribution in [0.4, 0.5) is 28.4 Å². The monoisotopic (exact) mass is 960 g/mol. The third-order valence-corrected chi connectivity index (χ3v) is 21.6. The Balaban J connectivity index is 1.15. The minimum absolute atomic E-state index is 0.00364. The summed E-state index contributed by atoms with van der Waals surface area (Å²) < 4.78 is 2.81. The lowest BCUT2D eigenvalue weighted by molar-refractivity contribution is 0.195. The molecule has 0 amide bonds. The van der Waals surface area contributed by atoms with E-state index >= 15 is 0 Å². The maximum Gasteiger partial charge on any atom is 0.252 e. The van der Waals surface area contributed by atoms with E-state index in [4.69, 9.17) is 0 Å². The lowest BCUT2D eigenvalue weighted by Gasteiger charge is -2.51. The zero-order valence-electron chi connectivity index (χ0n) is 46.9. The molecule has 2 atom stereocenters. The summed E-state index contributed by atoms with van der Waals surface area (Å²) in [7, 11) is 0. The van der Waals surface area contributed by atoms with Crippen molar-refractivity contribution < 1.29 is 0 Å². The topological polar surface area (TPSA) is 11.4 Å². The minimum atomic E-state index is -0.215. The number of aromatic nitrogens is 1. The average Bonchev–Trinajstić information content (AvgIpc) is 3.92. The van der Waals surface area contributed by atoms with Crippen molar-refractivity contribution in [2.75, 3.05) is 9.80 Å². The van der Waals surface area contributed by atoms with Crippen LogP contribution in [0.25, 0.3) is 27.7 Å². The summed E-state index contributed by atoms with van der Waals surface area (Å²) in [5.41, 5.74) is 28.6. The van der Waals surface area contributed by atoms with Crippen molar-refractivity contribution >= 4 is 62.4 Å². The first-order valence-electron chi connectivity index (χ1n) is 28.4. The predicted octanol–water partition coefficient (Wildman–Crippen LogP) is 16.3. The third kappa shape index (κ3) is 5.75. The highest BCUT2D eigenvalue weighted by molar-refractivity contribution is 7.00. The van der Waals surface area contributed by atoms with E-state index in [2.05, 4.69) is 221 Å². The number of anilines is 5. The van der Waals surface area contributed by atoms with Gasteiger partial charge in [0.05, 0.1) is 5.54 Å². The van der Waals surface area contributed by atoms with Gasteiger partial charge in [-0.3, -0.25) is 0 Å². The Morgan fingerprint density at radius 2 is 1.12 bits per heavy atom. The van der Waals surface area contributed by atoms with Crippen LogP contribution in [0, 0.1) is 0 Å². The van der Waals surface area contributed by atoms with Crippen LogP contribution in [0.3, 0.4) is 0 Å². The molecule has 0 bridgehead atoms. The fourth-order valence-corrected chi connectivity index (χ4v) is 16.7. The molecular formula is C69H78BN3. The number of hydrogen-bond acceptors (Lipinski definition) is 2. The molecule has 73 heavy (non-hydrogen) atoms. The second-order valence-corrected chi connectivity index (χ2v) is 29.0. The Morgan fingerprint density at radius 1 is 0.479 bits per heavy atom. The number of benzene rings is 6. The van der Waals surface area contributed by atoms with E-state index in [9.17, 15) is 0 Å². The largest absolute Gasteiger partial charge is 0.334 e. The van der Waals surface area contributed by atoms with Crippen LogP contribution in [0.15, 0.2) is 103 Å². The van der Waals surface area contributed by atoms with Gasteiger partial charge in [0.1, 0.15) is 0 Å². The van der Waals surface area contributed by atoms with Crippen LogP contribution in [0.2, 0.25) is 0 Å². The van der Waals surface area contributed by atoms with E-state index in [1.807, 2.05) is 0 Å². The lowest BCUT2D eigenvalue weighted by atomic mass is 9.33. The van der Waals surface area contributed by atoms with Gasteiger partial charge in [-0.05, 0) is 170 Å². The van der Waals surface area contributed by atoms with Gasteiger partial charge in [-0.1, -0.05) is 177 Å². The van der Waals surface area contributed by atoms with E-state index in [1.165, 1.54) is 162 Å². The SMILES string of the molecule is CC(C)(C)c1ccc2c(c1)C1(C)CCCCC1(C)N2c1cc2c3c(c1)-n1c4c(c5cccc(c51)B3c1cc3c(cc1N2c1ccc2c(c1)C(C)(C)CCC2(C)C)C(C)(C)CCC3(C)C)-c1ccccc1C4(C)C. The maximum atomic E-state index is 2.88. The van der Waals surface area contributed by atoms with Gasteiger partial charge >= 0.3 is 0 Å². The lowest BCUT2D eigenvalue weighted by Crippen LogP contribution is -2.61. The molecule has 4 heteroatoms. The van der Waals surface area contributed by atoms with E-state index < -0.39 is 0 Å². The molecular weight excluding hydrogens is 882 g/mol. The Kier molecular flexibility index (Phi) is 8.88. The molecule has 0 spiro atoms. The fourth-order valence-electron chi connectivity index (χ4n) is 16.7. The van der Waals surface area contributed by atoms with Crippen LogP contribution in [-0.2, 0) is 37.9 Å². The number of hydrogen-bond donors (Lipinski definition) is 0. The molecule has 3 nitrogen and oxygen atoms in total. The molecule has 0 N–H and O–H groups in total. The zero-order valence-corrected chi connectivity index (χ0v) is 46.9. The summed E-state index contributed by atoms with van der Waals surface area (Å²) >= 11 is 0. The Morgan fingerprint density at radius 3 is 1.84 bits per heavy atom. The molecule has 1 saturated carbocycles. The quantitative estimate of drug-likeness (QED) is 0.160. The van der Waals surface area contributed by atoms with Gasteiger partial charge in [0, 0.05) is 67.1 Å². The molecule has 6 aromatic carbocycles. The van der Waals surface area contributed by atoms with Crippen LogP contribution in [0.5, 0.6) is 0 Å². The number of fused-ring (bicyclic) bond motifs is 14. The summed E-state index contributed by atoms with van der Waals surface area (Å²) in [5, 5.41) is 1.39. The fraction of sp³-hybridized carbons (Fsp3) is 0.449. The predicted molar refractivity (Wildman–Crippen MR) is 312 cm³/mol. The molecule has 3 aliphatic heterocycles. The maximum absolute atomic E-state index is 2.88. The molecule has 372 valence electrons. The average molecular weight is 960 g/mol. The van der Waals surface area contributed by atoms with Gasteiger partial charge < -0.3 is 14.4 Å². The van der Waals surface area contributed by atoms with Gasteiger partial charge in [0.15, 0.2) is 0 Å². The zero-order chi connectivity index (χ0) is 51.1. The molecule has 1 aromatic heterocycles. The van der Waals surface area contributed by atoms with Gasteiger partial charge in [0.25, 0.3) is 6.71 Å².